The topological polar surface area (TPSA) is 71.7 Å². The molecule has 0 aromatic heterocycles. The third-order valence-corrected chi connectivity index (χ3v) is 6.06. The van der Waals surface area contributed by atoms with Crippen molar-refractivity contribution in [3.8, 4) is 0 Å². The van der Waals surface area contributed by atoms with Crippen molar-refractivity contribution < 1.29 is 17.9 Å². The first-order chi connectivity index (χ1) is 15.7. The van der Waals surface area contributed by atoms with E-state index in [1.807, 2.05) is 31.2 Å². The van der Waals surface area contributed by atoms with Gasteiger partial charge in [-0.2, -0.15) is 13.2 Å². The lowest BCUT2D eigenvalue weighted by atomic mass is 9.94. The van der Waals surface area contributed by atoms with E-state index >= 15 is 0 Å². The Labute approximate surface area is 195 Å². The number of aliphatic imine (C=N–C) groups is 1. The Bertz CT molecular complexity index is 1120. The summed E-state index contributed by atoms with van der Waals surface area (Å²) in [6, 6.07) is 10.3. The van der Waals surface area contributed by atoms with Crippen LogP contribution >= 0.6 is 11.6 Å². The molecule has 2 atom stereocenters. The number of rotatable bonds is 4. The predicted octanol–water partition coefficient (Wildman–Crippen LogP) is 4.47. The molecule has 0 aliphatic carbocycles. The first kappa shape index (κ1) is 23.4. The van der Waals surface area contributed by atoms with Crippen molar-refractivity contribution in [3.63, 3.8) is 0 Å². The second kappa shape index (κ2) is 9.21. The number of ether oxygens (including phenoxy) is 1. The zero-order valence-electron chi connectivity index (χ0n) is 17.9. The molecule has 2 aromatic rings. The minimum Gasteiger partial charge on any atom is -0.383 e. The number of dihydropyridines is 1. The summed E-state index contributed by atoms with van der Waals surface area (Å²) in [4.78, 5) is 3.45. The summed E-state index contributed by atoms with van der Waals surface area (Å²) in [7, 11) is 0. The molecule has 4 rings (SSSR count). The molecule has 33 heavy (non-hydrogen) atoms. The molecule has 2 unspecified atom stereocenters. The van der Waals surface area contributed by atoms with Crippen LogP contribution in [0.25, 0.3) is 5.57 Å². The van der Waals surface area contributed by atoms with Crippen LogP contribution in [0.5, 0.6) is 0 Å². The maximum absolute atomic E-state index is 13.0. The molecule has 174 valence electrons. The lowest BCUT2D eigenvalue weighted by Crippen LogP contribution is -2.55. The first-order valence-electron chi connectivity index (χ1n) is 10.5. The van der Waals surface area contributed by atoms with Gasteiger partial charge in [-0.1, -0.05) is 29.8 Å². The van der Waals surface area contributed by atoms with Crippen molar-refractivity contribution >= 4 is 28.7 Å². The lowest BCUT2D eigenvalue weighted by Gasteiger charge is -2.38. The van der Waals surface area contributed by atoms with E-state index in [4.69, 9.17) is 22.1 Å². The van der Waals surface area contributed by atoms with Crippen LogP contribution in [0.4, 0.5) is 18.9 Å². The van der Waals surface area contributed by atoms with Crippen molar-refractivity contribution in [2.75, 3.05) is 19.7 Å². The van der Waals surface area contributed by atoms with Gasteiger partial charge in [-0.25, -0.2) is 4.99 Å². The minimum absolute atomic E-state index is 0.000828. The fourth-order valence-corrected chi connectivity index (χ4v) is 4.13. The average molecular weight is 477 g/mol. The summed E-state index contributed by atoms with van der Waals surface area (Å²) in [6.45, 7) is 3.93. The Morgan fingerprint density at radius 1 is 1.24 bits per heavy atom. The molecular weight excluding hydrogens is 453 g/mol. The highest BCUT2D eigenvalue weighted by molar-refractivity contribution is 6.26. The molecule has 1 saturated heterocycles. The standard InChI is InChI=1S/C24H24ClF3N4O/c1-15-5-6-19(32-22(29)16-3-2-4-18(11-16)24(26,27)28)12-20(15)17-7-8-31-23(25,13-17)21-14-30-9-10-33-21/h2-8,11-13,21,30-31H,9-10,14H2,1H3,(H2,29,32). The largest absolute Gasteiger partial charge is 0.416 e. The fourth-order valence-electron chi connectivity index (χ4n) is 3.81. The summed E-state index contributed by atoms with van der Waals surface area (Å²) in [5.74, 6) is -0.000828. The SMILES string of the molecule is Cc1ccc(N=C(N)c2cccc(C(F)(F)F)c2)cc1C1=CC(Cl)(C2CNCCO2)NC=C1. The molecule has 0 radical (unpaired) electrons. The lowest BCUT2D eigenvalue weighted by molar-refractivity contribution is -0.137. The van der Waals surface area contributed by atoms with E-state index in [1.165, 1.54) is 12.1 Å². The van der Waals surface area contributed by atoms with Gasteiger partial charge in [0.25, 0.3) is 0 Å². The van der Waals surface area contributed by atoms with Crippen LogP contribution in [-0.2, 0) is 10.9 Å². The molecule has 2 heterocycles. The van der Waals surface area contributed by atoms with E-state index in [1.54, 1.807) is 12.3 Å². The van der Waals surface area contributed by atoms with Crippen LogP contribution in [0.3, 0.4) is 0 Å². The molecule has 1 fully saturated rings. The van der Waals surface area contributed by atoms with Gasteiger partial charge < -0.3 is 21.1 Å². The third-order valence-electron chi connectivity index (χ3n) is 5.60. The maximum atomic E-state index is 13.0. The number of allylic oxidation sites excluding steroid dienone is 2. The van der Waals surface area contributed by atoms with E-state index in [0.717, 1.165) is 35.4 Å². The Kier molecular flexibility index (Phi) is 6.52. The molecule has 0 amide bonds. The van der Waals surface area contributed by atoms with Crippen LogP contribution in [0.2, 0.25) is 0 Å². The van der Waals surface area contributed by atoms with Gasteiger partial charge in [0.2, 0.25) is 0 Å². The van der Waals surface area contributed by atoms with Gasteiger partial charge in [-0.05, 0) is 66.2 Å². The highest BCUT2D eigenvalue weighted by atomic mass is 35.5. The second-order valence-electron chi connectivity index (χ2n) is 7.98. The number of nitrogens with zero attached hydrogens (tertiary/aromatic N) is 1. The molecule has 0 spiro atoms. The number of alkyl halides is 4. The summed E-state index contributed by atoms with van der Waals surface area (Å²) in [5, 5.41) is 6.45. The number of amidine groups is 1. The molecule has 0 bridgehead atoms. The highest BCUT2D eigenvalue weighted by Crippen LogP contribution is 2.34. The number of nitrogens with one attached hydrogen (secondary N) is 2. The number of aryl methyl sites for hydroxylation is 1. The number of nitrogens with two attached hydrogens (primary N) is 1. The van der Waals surface area contributed by atoms with E-state index in [-0.39, 0.29) is 17.5 Å². The fraction of sp³-hybridized carbons (Fsp3) is 0.292. The highest BCUT2D eigenvalue weighted by Gasteiger charge is 2.38. The smallest absolute Gasteiger partial charge is 0.383 e. The molecule has 9 heteroatoms. The van der Waals surface area contributed by atoms with Crippen molar-refractivity contribution in [3.05, 3.63) is 83.1 Å². The van der Waals surface area contributed by atoms with Gasteiger partial charge in [0.15, 0.2) is 5.00 Å². The summed E-state index contributed by atoms with van der Waals surface area (Å²) < 4.78 is 44.9. The Hall–Kier alpha value is -2.81. The van der Waals surface area contributed by atoms with Gasteiger partial charge >= 0.3 is 6.18 Å². The number of benzene rings is 2. The van der Waals surface area contributed by atoms with Crippen molar-refractivity contribution in [1.29, 1.82) is 0 Å². The number of hydrogen-bond donors (Lipinski definition) is 3. The van der Waals surface area contributed by atoms with Gasteiger partial charge in [0, 0.05) is 18.7 Å². The van der Waals surface area contributed by atoms with Crippen molar-refractivity contribution in [2.24, 2.45) is 10.7 Å². The normalized spacial score (nSPS) is 23.7. The Morgan fingerprint density at radius 2 is 2.06 bits per heavy atom. The van der Waals surface area contributed by atoms with Crippen LogP contribution in [0, 0.1) is 6.92 Å². The molecule has 0 saturated carbocycles. The monoisotopic (exact) mass is 476 g/mol. The zero-order valence-corrected chi connectivity index (χ0v) is 18.7. The first-order valence-corrected chi connectivity index (χ1v) is 10.8. The van der Waals surface area contributed by atoms with Gasteiger partial charge in [-0.15, -0.1) is 0 Å². The summed E-state index contributed by atoms with van der Waals surface area (Å²) in [6.07, 6.45) is 0.895. The van der Waals surface area contributed by atoms with Gasteiger partial charge in [-0.3, -0.25) is 0 Å². The van der Waals surface area contributed by atoms with E-state index < -0.39 is 16.7 Å². The second-order valence-corrected chi connectivity index (χ2v) is 8.61. The molecule has 4 N–H and O–H groups in total. The van der Waals surface area contributed by atoms with E-state index in [2.05, 4.69) is 15.6 Å². The predicted molar refractivity (Wildman–Crippen MR) is 124 cm³/mol. The molecule has 2 aromatic carbocycles. The molecule has 5 nitrogen and oxygen atoms in total. The number of hydrogen-bond acceptors (Lipinski definition) is 4. The maximum Gasteiger partial charge on any atom is 0.416 e. The zero-order chi connectivity index (χ0) is 23.6. The summed E-state index contributed by atoms with van der Waals surface area (Å²) >= 11 is 6.86. The van der Waals surface area contributed by atoms with E-state index in [9.17, 15) is 13.2 Å². The Balaban J connectivity index is 1.65. The average Bonchev–Trinajstić information content (AvgIpc) is 2.80. The van der Waals surface area contributed by atoms with Crippen LogP contribution in [0.1, 0.15) is 22.3 Å². The van der Waals surface area contributed by atoms with Crippen molar-refractivity contribution in [1.82, 2.24) is 10.6 Å². The summed E-state index contributed by atoms with van der Waals surface area (Å²) in [5.41, 5.74) is 8.76. The van der Waals surface area contributed by atoms with Gasteiger partial charge in [0.05, 0.1) is 17.9 Å². The molecular formula is C24H24ClF3N4O. The molecule has 2 aliphatic rings. The van der Waals surface area contributed by atoms with Crippen LogP contribution in [-0.4, -0.2) is 36.6 Å². The van der Waals surface area contributed by atoms with Crippen molar-refractivity contribution in [2.45, 2.75) is 24.2 Å². The van der Waals surface area contributed by atoms with Crippen LogP contribution in [0.15, 0.2) is 65.8 Å². The quantitative estimate of drug-likeness (QED) is 0.263. The third kappa shape index (κ3) is 5.24. The number of morpholine rings is 1. The minimum atomic E-state index is -4.45. The van der Waals surface area contributed by atoms with Crippen LogP contribution < -0.4 is 16.4 Å². The Morgan fingerprint density at radius 3 is 2.79 bits per heavy atom. The molecule has 2 aliphatic heterocycles. The number of halogens is 4. The van der Waals surface area contributed by atoms with Gasteiger partial charge in [0.1, 0.15) is 11.9 Å². The van der Waals surface area contributed by atoms with E-state index in [0.29, 0.717) is 18.8 Å².